The van der Waals surface area contributed by atoms with Gasteiger partial charge in [0.2, 0.25) is 5.95 Å². The van der Waals surface area contributed by atoms with E-state index >= 15 is 0 Å². The van der Waals surface area contributed by atoms with E-state index in [1.54, 1.807) is 43.2 Å². The van der Waals surface area contributed by atoms with Gasteiger partial charge in [-0.2, -0.15) is 9.78 Å². The highest BCUT2D eigenvalue weighted by Gasteiger charge is 2.36. The van der Waals surface area contributed by atoms with E-state index < -0.39 is 11.6 Å². The Balaban J connectivity index is 1.83. The van der Waals surface area contributed by atoms with Crippen molar-refractivity contribution in [3.05, 3.63) is 58.1 Å². The van der Waals surface area contributed by atoms with Crippen LogP contribution in [0.3, 0.4) is 0 Å². The molecule has 4 heterocycles. The molecule has 0 saturated heterocycles. The summed E-state index contributed by atoms with van der Waals surface area (Å²) in [5, 5.41) is 21.6. The van der Waals surface area contributed by atoms with Crippen LogP contribution in [0.25, 0.3) is 11.5 Å². The van der Waals surface area contributed by atoms with Gasteiger partial charge in [0.15, 0.2) is 5.76 Å². The maximum Gasteiger partial charge on any atom is 0.288 e. The zero-order valence-electron chi connectivity index (χ0n) is 15.4. The van der Waals surface area contributed by atoms with Crippen molar-refractivity contribution in [1.29, 1.82) is 0 Å². The molecule has 0 radical (unpaired) electrons. The minimum Gasteiger partial charge on any atom is -0.497 e. The third-order valence-corrected chi connectivity index (χ3v) is 4.76. The van der Waals surface area contributed by atoms with Crippen molar-refractivity contribution < 1.29 is 13.9 Å². The van der Waals surface area contributed by atoms with Gasteiger partial charge in [0.1, 0.15) is 28.9 Å². The number of tetrazole rings is 1. The lowest BCUT2D eigenvalue weighted by Gasteiger charge is -2.28. The fourth-order valence-corrected chi connectivity index (χ4v) is 3.47. The summed E-state index contributed by atoms with van der Waals surface area (Å²) in [6.07, 6.45) is 1.54. The van der Waals surface area contributed by atoms with Crippen molar-refractivity contribution in [3.8, 4) is 23.0 Å². The molecule has 2 N–H and O–H groups in total. The van der Waals surface area contributed by atoms with Gasteiger partial charge in [-0.15, -0.1) is 0 Å². The lowest BCUT2D eigenvalue weighted by molar-refractivity contribution is 0.386. The van der Waals surface area contributed by atoms with Crippen molar-refractivity contribution in [2.75, 3.05) is 19.5 Å². The highest BCUT2D eigenvalue weighted by atomic mass is 16.5. The van der Waals surface area contributed by atoms with Gasteiger partial charge in [-0.05, 0) is 34.7 Å². The molecule has 4 aromatic rings. The van der Waals surface area contributed by atoms with Gasteiger partial charge in [-0.25, -0.2) is 5.10 Å². The molecular weight excluding hydrogens is 378 g/mol. The van der Waals surface area contributed by atoms with Crippen LogP contribution < -0.4 is 20.3 Å². The Hall–Kier alpha value is -4.15. The van der Waals surface area contributed by atoms with Crippen LogP contribution in [0.1, 0.15) is 17.2 Å². The highest BCUT2D eigenvalue weighted by molar-refractivity contribution is 5.74. The number of ether oxygens (including phenoxy) is 2. The monoisotopic (exact) mass is 393 g/mol. The number of aromatic nitrogens is 6. The molecule has 146 valence electrons. The van der Waals surface area contributed by atoms with E-state index in [4.69, 9.17) is 13.9 Å². The van der Waals surface area contributed by atoms with Crippen molar-refractivity contribution in [2.24, 2.45) is 0 Å². The van der Waals surface area contributed by atoms with Crippen LogP contribution in [0.4, 0.5) is 11.6 Å². The molecule has 0 aliphatic carbocycles. The second-order valence-electron chi connectivity index (χ2n) is 6.25. The number of methoxy groups -OCH3 is 2. The third kappa shape index (κ3) is 2.55. The van der Waals surface area contributed by atoms with E-state index in [0.717, 1.165) is 5.56 Å². The summed E-state index contributed by atoms with van der Waals surface area (Å²) in [5.74, 6) is 2.00. The van der Waals surface area contributed by atoms with Gasteiger partial charge in [0.05, 0.1) is 20.5 Å². The number of nitrogens with one attached hydrogen (secondary N) is 2. The Morgan fingerprint density at radius 3 is 2.86 bits per heavy atom. The first-order valence-electron chi connectivity index (χ1n) is 8.64. The van der Waals surface area contributed by atoms with Gasteiger partial charge in [-0.3, -0.25) is 4.79 Å². The number of hydrogen-bond donors (Lipinski definition) is 2. The maximum atomic E-state index is 12.6. The Kier molecular flexibility index (Phi) is 3.79. The van der Waals surface area contributed by atoms with Crippen LogP contribution in [0.5, 0.6) is 11.5 Å². The Morgan fingerprint density at radius 1 is 1.21 bits per heavy atom. The number of H-pyrrole nitrogens is 1. The van der Waals surface area contributed by atoms with Crippen molar-refractivity contribution >= 4 is 11.6 Å². The second-order valence-corrected chi connectivity index (χ2v) is 6.25. The van der Waals surface area contributed by atoms with Crippen LogP contribution in [-0.4, -0.2) is 44.6 Å². The first-order valence-corrected chi connectivity index (χ1v) is 8.64. The lowest BCUT2D eigenvalue weighted by Crippen LogP contribution is -2.29. The molecule has 0 saturated carbocycles. The average Bonchev–Trinajstić information content (AvgIpc) is 3.44. The molecule has 0 amide bonds. The van der Waals surface area contributed by atoms with Gasteiger partial charge in [0.25, 0.3) is 5.56 Å². The number of hydrogen-bond acceptors (Lipinski definition) is 9. The molecule has 0 bridgehead atoms. The summed E-state index contributed by atoms with van der Waals surface area (Å²) < 4.78 is 18.0. The second kappa shape index (κ2) is 6.48. The fraction of sp³-hybridized carbons (Fsp3) is 0.167. The van der Waals surface area contributed by atoms with Crippen LogP contribution in [-0.2, 0) is 0 Å². The summed E-state index contributed by atoms with van der Waals surface area (Å²) in [7, 11) is 3.14. The molecule has 11 heteroatoms. The number of anilines is 2. The molecule has 1 unspecified atom stereocenters. The van der Waals surface area contributed by atoms with E-state index in [2.05, 4.69) is 31.0 Å². The van der Waals surface area contributed by atoms with Crippen molar-refractivity contribution in [1.82, 2.24) is 30.4 Å². The molecule has 5 rings (SSSR count). The van der Waals surface area contributed by atoms with Crippen LogP contribution in [0, 0.1) is 0 Å². The van der Waals surface area contributed by atoms with E-state index in [1.165, 1.54) is 6.26 Å². The van der Waals surface area contributed by atoms with Crippen LogP contribution in [0.2, 0.25) is 0 Å². The van der Waals surface area contributed by atoms with Crippen LogP contribution >= 0.6 is 0 Å². The molecule has 1 aliphatic heterocycles. The molecule has 0 spiro atoms. The Labute approximate surface area is 163 Å². The number of fused-ring (bicyclic) bond motifs is 2. The van der Waals surface area contributed by atoms with Crippen molar-refractivity contribution in [3.63, 3.8) is 0 Å². The number of rotatable bonds is 4. The van der Waals surface area contributed by atoms with Crippen molar-refractivity contribution in [2.45, 2.75) is 6.04 Å². The van der Waals surface area contributed by atoms with E-state index in [1.807, 2.05) is 6.07 Å². The number of furan rings is 1. The topological polar surface area (TPSA) is 133 Å². The zero-order chi connectivity index (χ0) is 20.0. The summed E-state index contributed by atoms with van der Waals surface area (Å²) in [4.78, 5) is 12.6. The normalized spacial score (nSPS) is 14.6. The summed E-state index contributed by atoms with van der Waals surface area (Å²) >= 11 is 0. The summed E-state index contributed by atoms with van der Waals surface area (Å²) in [5.41, 5.74) is 1.64. The maximum absolute atomic E-state index is 12.6. The minimum absolute atomic E-state index is 0.288. The van der Waals surface area contributed by atoms with Gasteiger partial charge < -0.3 is 19.2 Å². The number of nitrogens with zero attached hydrogens (tertiary/aromatic N) is 5. The zero-order valence-corrected chi connectivity index (χ0v) is 15.4. The molecule has 0 fully saturated rings. The predicted octanol–water partition coefficient (Wildman–Crippen LogP) is 1.73. The summed E-state index contributed by atoms with van der Waals surface area (Å²) in [6, 6.07) is 8.32. The lowest BCUT2D eigenvalue weighted by atomic mass is 9.93. The minimum atomic E-state index is -0.591. The SMILES string of the molecule is COc1ccc(C2c3c(-c4ccco4)n[nH]c(=O)c3Nc3nnnn32)c(OC)c1. The first-order chi connectivity index (χ1) is 14.2. The smallest absolute Gasteiger partial charge is 0.288 e. The molecule has 29 heavy (non-hydrogen) atoms. The Bertz CT molecular complexity index is 1250. The molecule has 1 aliphatic rings. The Morgan fingerprint density at radius 2 is 2.10 bits per heavy atom. The molecule has 1 aromatic carbocycles. The number of benzene rings is 1. The van der Waals surface area contributed by atoms with E-state index in [0.29, 0.717) is 34.5 Å². The van der Waals surface area contributed by atoms with Crippen LogP contribution in [0.15, 0.2) is 45.8 Å². The predicted molar refractivity (Wildman–Crippen MR) is 100 cm³/mol. The highest BCUT2D eigenvalue weighted by Crippen LogP contribution is 2.44. The van der Waals surface area contributed by atoms with Gasteiger partial charge >= 0.3 is 0 Å². The molecular formula is C18H15N7O4. The third-order valence-electron chi connectivity index (χ3n) is 4.76. The average molecular weight is 393 g/mol. The van der Waals surface area contributed by atoms with Gasteiger partial charge in [0, 0.05) is 17.2 Å². The van der Waals surface area contributed by atoms with Gasteiger partial charge in [-0.1, -0.05) is 5.10 Å². The molecule has 11 nitrogen and oxygen atoms in total. The first kappa shape index (κ1) is 17.0. The van der Waals surface area contributed by atoms with E-state index in [-0.39, 0.29) is 5.69 Å². The number of aromatic amines is 1. The van der Waals surface area contributed by atoms with E-state index in [9.17, 15) is 4.79 Å². The quantitative estimate of drug-likeness (QED) is 0.468. The summed E-state index contributed by atoms with van der Waals surface area (Å²) in [6.45, 7) is 0. The molecule has 3 aromatic heterocycles. The standard InChI is InChI=1S/C18H15N7O4/c1-27-9-5-6-10(12(8-9)28-2)16-13-14(11-4-3-7-29-11)20-21-17(26)15(13)19-18-22-23-24-25(16)18/h3-8,16H,1-2H3,(H,21,26)(H,19,22,24). The molecule has 1 atom stereocenters. The fourth-order valence-electron chi connectivity index (χ4n) is 3.47. The largest absolute Gasteiger partial charge is 0.497 e.